The van der Waals surface area contributed by atoms with E-state index in [-0.39, 0.29) is 16.5 Å². The normalized spacial score (nSPS) is 20.9. The molecular formula is C18H24N6O4S. The van der Waals surface area contributed by atoms with Gasteiger partial charge in [0.1, 0.15) is 17.8 Å². The van der Waals surface area contributed by atoms with Crippen molar-refractivity contribution in [2.75, 3.05) is 31.1 Å². The second-order valence-electron chi connectivity index (χ2n) is 7.60. The number of piperidine rings is 1. The minimum atomic E-state index is -3.71. The first-order valence-corrected chi connectivity index (χ1v) is 11.2. The Labute approximate surface area is 169 Å². The standard InChI is InChI=1S/C18H24N6O4S/c1-21-13-19-20-18(21)14-5-4-8-22(12-14)16-7-6-15(11-17(16)24(25)26)29(27,28)23-9-2-3-10-23/h6-7,11,13-14H,2-5,8-10,12H2,1H3/t14-/m0/s1. The van der Waals surface area contributed by atoms with Crippen LogP contribution < -0.4 is 4.90 Å². The molecule has 0 spiro atoms. The highest BCUT2D eigenvalue weighted by Gasteiger charge is 2.32. The van der Waals surface area contributed by atoms with Crippen molar-refractivity contribution in [3.63, 3.8) is 0 Å². The molecule has 0 aliphatic carbocycles. The van der Waals surface area contributed by atoms with Crippen molar-refractivity contribution in [3.05, 3.63) is 40.5 Å². The van der Waals surface area contributed by atoms with Gasteiger partial charge in [-0.15, -0.1) is 10.2 Å². The molecule has 156 valence electrons. The van der Waals surface area contributed by atoms with Gasteiger partial charge in [0.05, 0.1) is 9.82 Å². The Morgan fingerprint density at radius 2 is 1.93 bits per heavy atom. The van der Waals surface area contributed by atoms with Crippen LogP contribution in [0, 0.1) is 10.1 Å². The Morgan fingerprint density at radius 3 is 2.59 bits per heavy atom. The summed E-state index contributed by atoms with van der Waals surface area (Å²) in [5, 5.41) is 19.9. The zero-order chi connectivity index (χ0) is 20.6. The van der Waals surface area contributed by atoms with Gasteiger partial charge in [0.2, 0.25) is 10.0 Å². The molecule has 4 rings (SSSR count). The Bertz CT molecular complexity index is 1020. The molecule has 2 saturated heterocycles. The number of nitro groups is 1. The molecule has 0 N–H and O–H groups in total. The number of benzene rings is 1. The molecule has 0 saturated carbocycles. The third-order valence-electron chi connectivity index (χ3n) is 5.72. The molecule has 0 unspecified atom stereocenters. The van der Waals surface area contributed by atoms with Crippen molar-refractivity contribution in [1.82, 2.24) is 19.1 Å². The lowest BCUT2D eigenvalue weighted by molar-refractivity contribution is -0.384. The van der Waals surface area contributed by atoms with Crippen LogP contribution in [0.25, 0.3) is 0 Å². The first-order valence-electron chi connectivity index (χ1n) is 9.75. The number of aromatic nitrogens is 3. The van der Waals surface area contributed by atoms with Gasteiger partial charge in [-0.2, -0.15) is 4.31 Å². The van der Waals surface area contributed by atoms with E-state index >= 15 is 0 Å². The quantitative estimate of drug-likeness (QED) is 0.536. The highest BCUT2D eigenvalue weighted by atomic mass is 32.2. The number of sulfonamides is 1. The minimum Gasteiger partial charge on any atom is -0.365 e. The van der Waals surface area contributed by atoms with Gasteiger partial charge in [0, 0.05) is 45.2 Å². The SMILES string of the molecule is Cn1cnnc1[C@H]1CCCN(c2ccc(S(=O)(=O)N3CCCC3)cc2[N+](=O)[O-])C1. The van der Waals surface area contributed by atoms with E-state index in [0.717, 1.165) is 31.5 Å². The average molecular weight is 420 g/mol. The molecule has 1 aromatic heterocycles. The van der Waals surface area contributed by atoms with Crippen molar-refractivity contribution >= 4 is 21.4 Å². The molecule has 0 bridgehead atoms. The van der Waals surface area contributed by atoms with Crippen molar-refractivity contribution in [2.24, 2.45) is 7.05 Å². The summed E-state index contributed by atoms with van der Waals surface area (Å²) in [7, 11) is -1.82. The highest BCUT2D eigenvalue weighted by molar-refractivity contribution is 7.89. The largest absolute Gasteiger partial charge is 0.365 e. The average Bonchev–Trinajstić information content (AvgIpc) is 3.40. The van der Waals surface area contributed by atoms with Gasteiger partial charge in [-0.05, 0) is 37.8 Å². The van der Waals surface area contributed by atoms with Crippen LogP contribution in [-0.4, -0.2) is 58.6 Å². The van der Waals surface area contributed by atoms with Crippen LogP contribution in [0.1, 0.15) is 37.4 Å². The first kappa shape index (κ1) is 19.8. The third kappa shape index (κ3) is 3.71. The van der Waals surface area contributed by atoms with E-state index in [4.69, 9.17) is 0 Å². The summed E-state index contributed by atoms with van der Waals surface area (Å²) in [6.07, 6.45) is 5.07. The summed E-state index contributed by atoms with van der Waals surface area (Å²) in [6.45, 7) is 2.17. The Kier molecular flexibility index (Phi) is 5.26. The van der Waals surface area contributed by atoms with E-state index in [0.29, 0.717) is 31.9 Å². The lowest BCUT2D eigenvalue weighted by Gasteiger charge is -2.33. The second kappa shape index (κ2) is 7.71. The third-order valence-corrected chi connectivity index (χ3v) is 7.61. The number of rotatable bonds is 5. The molecule has 1 aromatic carbocycles. The lowest BCUT2D eigenvalue weighted by Crippen LogP contribution is -2.35. The van der Waals surface area contributed by atoms with Crippen LogP contribution in [0.3, 0.4) is 0 Å². The van der Waals surface area contributed by atoms with Gasteiger partial charge in [-0.25, -0.2) is 8.42 Å². The molecule has 3 heterocycles. The van der Waals surface area contributed by atoms with E-state index < -0.39 is 14.9 Å². The Morgan fingerprint density at radius 1 is 1.17 bits per heavy atom. The van der Waals surface area contributed by atoms with E-state index in [1.807, 2.05) is 16.5 Å². The molecule has 0 radical (unpaired) electrons. The van der Waals surface area contributed by atoms with Crippen LogP contribution >= 0.6 is 0 Å². The van der Waals surface area contributed by atoms with Gasteiger partial charge < -0.3 is 9.47 Å². The van der Waals surface area contributed by atoms with Crippen molar-refractivity contribution < 1.29 is 13.3 Å². The van der Waals surface area contributed by atoms with Crippen molar-refractivity contribution in [3.8, 4) is 0 Å². The summed E-state index contributed by atoms with van der Waals surface area (Å²) in [5.41, 5.74) is 0.270. The molecule has 2 aromatic rings. The molecule has 2 fully saturated rings. The van der Waals surface area contributed by atoms with Crippen molar-refractivity contribution in [1.29, 1.82) is 0 Å². The van der Waals surface area contributed by atoms with Crippen molar-refractivity contribution in [2.45, 2.75) is 36.5 Å². The van der Waals surface area contributed by atoms with Crippen LogP contribution in [0.15, 0.2) is 29.4 Å². The Balaban J connectivity index is 1.65. The number of nitrogens with zero attached hydrogens (tertiary/aromatic N) is 6. The maximum atomic E-state index is 12.8. The van der Waals surface area contributed by atoms with Gasteiger partial charge in [-0.1, -0.05) is 0 Å². The fraction of sp³-hybridized carbons (Fsp3) is 0.556. The number of anilines is 1. The smallest absolute Gasteiger partial charge is 0.293 e. The molecule has 2 aliphatic rings. The Hall–Kier alpha value is -2.53. The minimum absolute atomic E-state index is 0.0169. The molecule has 11 heteroatoms. The summed E-state index contributed by atoms with van der Waals surface area (Å²) >= 11 is 0. The molecule has 0 amide bonds. The van der Waals surface area contributed by atoms with Gasteiger partial charge >= 0.3 is 0 Å². The zero-order valence-corrected chi connectivity index (χ0v) is 17.1. The van der Waals surface area contributed by atoms with Crippen LogP contribution in [0.2, 0.25) is 0 Å². The summed E-state index contributed by atoms with van der Waals surface area (Å²) in [6, 6.07) is 4.26. The van der Waals surface area contributed by atoms with E-state index in [1.54, 1.807) is 12.4 Å². The molecule has 10 nitrogen and oxygen atoms in total. The predicted octanol–water partition coefficient (Wildman–Crippen LogP) is 1.89. The topological polar surface area (TPSA) is 114 Å². The van der Waals surface area contributed by atoms with Gasteiger partial charge in [-0.3, -0.25) is 10.1 Å². The number of nitro benzene ring substituents is 1. The molecule has 1 atom stereocenters. The maximum Gasteiger partial charge on any atom is 0.293 e. The molecular weight excluding hydrogens is 396 g/mol. The summed E-state index contributed by atoms with van der Waals surface area (Å²) in [5.74, 6) is 0.967. The fourth-order valence-electron chi connectivity index (χ4n) is 4.22. The molecule has 29 heavy (non-hydrogen) atoms. The van der Waals surface area contributed by atoms with Gasteiger partial charge in [0.25, 0.3) is 5.69 Å². The van der Waals surface area contributed by atoms with E-state index in [2.05, 4.69) is 10.2 Å². The fourth-order valence-corrected chi connectivity index (χ4v) is 5.76. The number of hydrogen-bond acceptors (Lipinski definition) is 7. The van der Waals surface area contributed by atoms with Crippen LogP contribution in [-0.2, 0) is 17.1 Å². The second-order valence-corrected chi connectivity index (χ2v) is 9.54. The zero-order valence-electron chi connectivity index (χ0n) is 16.3. The first-order chi connectivity index (χ1) is 13.9. The molecule has 2 aliphatic heterocycles. The highest BCUT2D eigenvalue weighted by Crippen LogP contribution is 2.36. The van der Waals surface area contributed by atoms with E-state index in [9.17, 15) is 18.5 Å². The van der Waals surface area contributed by atoms with Crippen LogP contribution in [0.4, 0.5) is 11.4 Å². The predicted molar refractivity (Wildman–Crippen MR) is 106 cm³/mol. The maximum absolute atomic E-state index is 12.8. The lowest BCUT2D eigenvalue weighted by atomic mass is 9.96. The number of aryl methyl sites for hydroxylation is 1. The summed E-state index contributed by atoms with van der Waals surface area (Å²) in [4.78, 5) is 13.2. The number of hydrogen-bond donors (Lipinski definition) is 0. The summed E-state index contributed by atoms with van der Waals surface area (Å²) < 4.78 is 28.9. The monoisotopic (exact) mass is 420 g/mol. The van der Waals surface area contributed by atoms with E-state index in [1.165, 1.54) is 16.4 Å². The van der Waals surface area contributed by atoms with Crippen LogP contribution in [0.5, 0.6) is 0 Å². The van der Waals surface area contributed by atoms with Gasteiger partial charge in [0.15, 0.2) is 0 Å².